The Hall–Kier alpha value is -2.63. The fourth-order valence-electron chi connectivity index (χ4n) is 2.38. The van der Waals surface area contributed by atoms with Gasteiger partial charge in [-0.25, -0.2) is 0 Å². The predicted molar refractivity (Wildman–Crippen MR) is 94.7 cm³/mol. The van der Waals surface area contributed by atoms with Crippen LogP contribution >= 0.6 is 0 Å². The summed E-state index contributed by atoms with van der Waals surface area (Å²) in [4.78, 5) is 12.5. The second-order valence-electron chi connectivity index (χ2n) is 5.24. The van der Waals surface area contributed by atoms with Gasteiger partial charge in [0.2, 0.25) is 5.75 Å². The summed E-state index contributed by atoms with van der Waals surface area (Å²) in [6, 6.07) is 5.25. The molecule has 0 saturated heterocycles. The predicted octanol–water partition coefficient (Wildman–Crippen LogP) is 3.45. The fraction of sp³-hybridized carbons (Fsp3) is 0.421. The third-order valence-corrected chi connectivity index (χ3v) is 3.45. The van der Waals surface area contributed by atoms with Crippen LogP contribution in [0.5, 0.6) is 17.2 Å². The average molecular weight is 347 g/mol. The van der Waals surface area contributed by atoms with Crippen LogP contribution in [0.1, 0.15) is 36.7 Å². The summed E-state index contributed by atoms with van der Waals surface area (Å²) in [6.07, 6.45) is 3.99. The van der Waals surface area contributed by atoms with Crippen LogP contribution < -0.4 is 19.5 Å². The number of rotatable bonds is 10. The Balaban J connectivity index is 2.15. The highest BCUT2D eigenvalue weighted by Gasteiger charge is 2.18. The van der Waals surface area contributed by atoms with Gasteiger partial charge in [-0.2, -0.15) is 0 Å². The van der Waals surface area contributed by atoms with Gasteiger partial charge < -0.3 is 23.9 Å². The molecular formula is C19H25NO5. The van der Waals surface area contributed by atoms with Crippen molar-refractivity contribution in [1.29, 1.82) is 0 Å². The number of carbonyl (C=O) groups excluding carboxylic acids is 1. The standard InChI is InChI=1S/C19H25NO5/c1-4-23-16-11-15(12-17(24-5-2)18(16)25-6-3)19(21)20-9-7-14-8-10-22-13-14/h8,10-13H,4-7,9H2,1-3H3,(H,20,21). The van der Waals surface area contributed by atoms with Crippen molar-refractivity contribution in [2.24, 2.45) is 0 Å². The third kappa shape index (κ3) is 5.17. The molecule has 0 radical (unpaired) electrons. The van der Waals surface area contributed by atoms with E-state index in [-0.39, 0.29) is 5.91 Å². The van der Waals surface area contributed by atoms with Crippen molar-refractivity contribution < 1.29 is 23.4 Å². The minimum atomic E-state index is -0.187. The molecule has 0 spiro atoms. The van der Waals surface area contributed by atoms with Crippen LogP contribution in [0.3, 0.4) is 0 Å². The zero-order valence-corrected chi connectivity index (χ0v) is 15.0. The van der Waals surface area contributed by atoms with Gasteiger partial charge in [0.1, 0.15) is 0 Å². The zero-order chi connectivity index (χ0) is 18.1. The van der Waals surface area contributed by atoms with E-state index < -0.39 is 0 Å². The summed E-state index contributed by atoms with van der Waals surface area (Å²) in [7, 11) is 0. The minimum absolute atomic E-state index is 0.187. The number of furan rings is 1. The highest BCUT2D eigenvalue weighted by molar-refractivity contribution is 5.95. The van der Waals surface area contributed by atoms with Crippen LogP contribution in [0.4, 0.5) is 0 Å². The van der Waals surface area contributed by atoms with Crippen LogP contribution in [-0.4, -0.2) is 32.3 Å². The SMILES string of the molecule is CCOc1cc(C(=O)NCCc2ccoc2)cc(OCC)c1OCC. The molecule has 1 amide bonds. The summed E-state index contributed by atoms with van der Waals surface area (Å²) in [5, 5.41) is 2.89. The number of ether oxygens (including phenoxy) is 3. The van der Waals surface area contributed by atoms with E-state index in [0.717, 1.165) is 5.56 Å². The Labute approximate surface area is 148 Å². The van der Waals surface area contributed by atoms with Crippen LogP contribution in [0.2, 0.25) is 0 Å². The van der Waals surface area contributed by atoms with Crippen molar-refractivity contribution in [3.05, 3.63) is 41.9 Å². The molecule has 0 unspecified atom stereocenters. The molecule has 0 aliphatic heterocycles. The molecule has 0 fully saturated rings. The molecule has 0 aliphatic carbocycles. The molecule has 2 rings (SSSR count). The van der Waals surface area contributed by atoms with E-state index in [1.807, 2.05) is 26.8 Å². The molecule has 1 heterocycles. The molecule has 2 aromatic rings. The van der Waals surface area contributed by atoms with Crippen LogP contribution in [0.25, 0.3) is 0 Å². The first-order valence-electron chi connectivity index (χ1n) is 8.55. The number of hydrogen-bond acceptors (Lipinski definition) is 5. The van der Waals surface area contributed by atoms with Gasteiger partial charge in [0, 0.05) is 12.1 Å². The summed E-state index contributed by atoms with van der Waals surface area (Å²) in [5.41, 5.74) is 1.51. The lowest BCUT2D eigenvalue weighted by atomic mass is 10.1. The van der Waals surface area contributed by atoms with E-state index in [0.29, 0.717) is 55.6 Å². The first-order chi connectivity index (χ1) is 12.2. The molecule has 1 aromatic heterocycles. The van der Waals surface area contributed by atoms with Crippen molar-refractivity contribution in [2.75, 3.05) is 26.4 Å². The smallest absolute Gasteiger partial charge is 0.251 e. The van der Waals surface area contributed by atoms with Gasteiger partial charge in [-0.15, -0.1) is 0 Å². The minimum Gasteiger partial charge on any atom is -0.490 e. The number of carbonyl (C=O) groups is 1. The van der Waals surface area contributed by atoms with E-state index >= 15 is 0 Å². The first kappa shape index (κ1) is 18.7. The highest BCUT2D eigenvalue weighted by Crippen LogP contribution is 2.39. The molecule has 1 N–H and O–H groups in total. The number of nitrogens with one attached hydrogen (secondary N) is 1. The summed E-state index contributed by atoms with van der Waals surface area (Å²) >= 11 is 0. The van der Waals surface area contributed by atoms with E-state index in [1.165, 1.54) is 0 Å². The number of amides is 1. The molecule has 25 heavy (non-hydrogen) atoms. The normalized spacial score (nSPS) is 10.4. The van der Waals surface area contributed by atoms with Gasteiger partial charge in [0.05, 0.1) is 32.3 Å². The van der Waals surface area contributed by atoms with Gasteiger partial charge >= 0.3 is 0 Å². The molecule has 0 saturated carbocycles. The van der Waals surface area contributed by atoms with E-state index in [4.69, 9.17) is 18.6 Å². The van der Waals surface area contributed by atoms with Crippen LogP contribution in [0, 0.1) is 0 Å². The maximum atomic E-state index is 12.5. The van der Waals surface area contributed by atoms with Crippen molar-refractivity contribution in [3.63, 3.8) is 0 Å². The average Bonchev–Trinajstić information content (AvgIpc) is 3.11. The maximum Gasteiger partial charge on any atom is 0.251 e. The van der Waals surface area contributed by atoms with Gasteiger partial charge in [-0.05, 0) is 51.0 Å². The van der Waals surface area contributed by atoms with Gasteiger partial charge in [-0.1, -0.05) is 0 Å². The Bertz CT molecular complexity index is 639. The fourth-order valence-corrected chi connectivity index (χ4v) is 2.38. The lowest BCUT2D eigenvalue weighted by Crippen LogP contribution is -2.25. The van der Waals surface area contributed by atoms with Crippen LogP contribution in [0.15, 0.2) is 35.1 Å². The molecule has 136 valence electrons. The van der Waals surface area contributed by atoms with Crippen molar-refractivity contribution >= 4 is 5.91 Å². The molecule has 0 aliphatic rings. The Morgan fingerprint density at radius 3 is 2.20 bits per heavy atom. The summed E-state index contributed by atoms with van der Waals surface area (Å²) < 4.78 is 21.9. The lowest BCUT2D eigenvalue weighted by Gasteiger charge is -2.17. The first-order valence-corrected chi connectivity index (χ1v) is 8.55. The summed E-state index contributed by atoms with van der Waals surface area (Å²) in [6.45, 7) is 7.59. The molecule has 0 bridgehead atoms. The summed E-state index contributed by atoms with van der Waals surface area (Å²) in [5.74, 6) is 1.36. The van der Waals surface area contributed by atoms with Crippen molar-refractivity contribution in [2.45, 2.75) is 27.2 Å². The molecule has 6 heteroatoms. The third-order valence-electron chi connectivity index (χ3n) is 3.45. The van der Waals surface area contributed by atoms with Gasteiger partial charge in [-0.3, -0.25) is 4.79 Å². The topological polar surface area (TPSA) is 69.9 Å². The van der Waals surface area contributed by atoms with Gasteiger partial charge in [0.25, 0.3) is 5.91 Å². The molecule has 1 aromatic carbocycles. The Morgan fingerprint density at radius 2 is 1.68 bits per heavy atom. The Morgan fingerprint density at radius 1 is 1.04 bits per heavy atom. The van der Waals surface area contributed by atoms with E-state index in [9.17, 15) is 4.79 Å². The molecular weight excluding hydrogens is 322 g/mol. The van der Waals surface area contributed by atoms with E-state index in [1.54, 1.807) is 24.7 Å². The van der Waals surface area contributed by atoms with Crippen LogP contribution in [-0.2, 0) is 6.42 Å². The second-order valence-corrected chi connectivity index (χ2v) is 5.24. The second kappa shape index (κ2) is 9.61. The van der Waals surface area contributed by atoms with Crippen molar-refractivity contribution in [3.8, 4) is 17.2 Å². The van der Waals surface area contributed by atoms with Gasteiger partial charge in [0.15, 0.2) is 11.5 Å². The maximum absolute atomic E-state index is 12.5. The quantitative estimate of drug-likeness (QED) is 0.713. The lowest BCUT2D eigenvalue weighted by molar-refractivity contribution is 0.0953. The largest absolute Gasteiger partial charge is 0.490 e. The monoisotopic (exact) mass is 347 g/mol. The van der Waals surface area contributed by atoms with E-state index in [2.05, 4.69) is 5.32 Å². The van der Waals surface area contributed by atoms with Crippen molar-refractivity contribution in [1.82, 2.24) is 5.32 Å². The Kier molecular flexibility index (Phi) is 7.19. The highest BCUT2D eigenvalue weighted by atomic mass is 16.5. The molecule has 6 nitrogen and oxygen atoms in total. The molecule has 0 atom stereocenters. The number of hydrogen-bond donors (Lipinski definition) is 1. The number of benzene rings is 1. The zero-order valence-electron chi connectivity index (χ0n) is 15.0.